The molecule has 0 bridgehead atoms. The highest BCUT2D eigenvalue weighted by Gasteiger charge is 2.20. The van der Waals surface area contributed by atoms with Crippen LogP contribution in [0.25, 0.3) is 0 Å². The van der Waals surface area contributed by atoms with E-state index in [-0.39, 0.29) is 0 Å². The van der Waals surface area contributed by atoms with Crippen LogP contribution in [0.2, 0.25) is 0 Å². The van der Waals surface area contributed by atoms with Gasteiger partial charge in [-0.2, -0.15) is 0 Å². The van der Waals surface area contributed by atoms with Crippen LogP contribution in [0.4, 0.5) is 0 Å². The van der Waals surface area contributed by atoms with Crippen LogP contribution < -0.4 is 0 Å². The molecule has 1 saturated heterocycles. The smallest absolute Gasteiger partial charge is 0.151 e. The fraction of sp³-hybridized carbons (Fsp3) is 0.611. The lowest BCUT2D eigenvalue weighted by molar-refractivity contribution is -0.119. The zero-order chi connectivity index (χ0) is 14.4. The number of benzene rings is 1. The first-order valence-electron chi connectivity index (χ1n) is 7.93. The van der Waals surface area contributed by atoms with E-state index in [1.54, 1.807) is 0 Å². The van der Waals surface area contributed by atoms with Crippen molar-refractivity contribution in [3.05, 3.63) is 35.9 Å². The van der Waals surface area contributed by atoms with E-state index < -0.39 is 0 Å². The van der Waals surface area contributed by atoms with Crippen molar-refractivity contribution in [1.82, 2.24) is 4.90 Å². The summed E-state index contributed by atoms with van der Waals surface area (Å²) >= 11 is 0. The summed E-state index contributed by atoms with van der Waals surface area (Å²) in [6.45, 7) is 7.44. The van der Waals surface area contributed by atoms with Crippen LogP contribution in [0.3, 0.4) is 0 Å². The Morgan fingerprint density at radius 2 is 1.95 bits per heavy atom. The second kappa shape index (κ2) is 7.58. The third-order valence-corrected chi connectivity index (χ3v) is 4.45. The van der Waals surface area contributed by atoms with Crippen LogP contribution in [0, 0.1) is 11.8 Å². The fourth-order valence-corrected chi connectivity index (χ4v) is 3.14. The van der Waals surface area contributed by atoms with E-state index in [0.717, 1.165) is 30.5 Å². The minimum absolute atomic E-state index is 0.346. The molecule has 0 aromatic heterocycles. The van der Waals surface area contributed by atoms with Gasteiger partial charge in [-0.25, -0.2) is 0 Å². The second-order valence-electron chi connectivity index (χ2n) is 6.41. The van der Waals surface area contributed by atoms with Crippen molar-refractivity contribution < 1.29 is 4.79 Å². The van der Waals surface area contributed by atoms with E-state index in [1.165, 1.54) is 19.3 Å². The first-order chi connectivity index (χ1) is 9.65. The zero-order valence-corrected chi connectivity index (χ0v) is 12.8. The molecule has 0 spiro atoms. The summed E-state index contributed by atoms with van der Waals surface area (Å²) in [7, 11) is 0. The van der Waals surface area contributed by atoms with E-state index in [1.807, 2.05) is 30.3 Å². The van der Waals surface area contributed by atoms with E-state index in [2.05, 4.69) is 18.7 Å². The van der Waals surface area contributed by atoms with Crippen LogP contribution in [-0.4, -0.2) is 30.3 Å². The zero-order valence-electron chi connectivity index (χ0n) is 12.8. The van der Waals surface area contributed by atoms with E-state index in [9.17, 15) is 4.79 Å². The normalized spacial score (nSPS) is 20.9. The Morgan fingerprint density at radius 1 is 1.20 bits per heavy atom. The van der Waals surface area contributed by atoms with E-state index >= 15 is 0 Å². The number of Topliss-reactive ketones (excluding diaryl/α,β-unsaturated/α-hetero) is 1. The predicted octanol–water partition coefficient (Wildman–Crippen LogP) is 3.56. The van der Waals surface area contributed by atoms with Gasteiger partial charge in [0.1, 0.15) is 0 Å². The van der Waals surface area contributed by atoms with Gasteiger partial charge in [0.25, 0.3) is 0 Å². The Bertz CT molecular complexity index is 413. The Kier molecular flexibility index (Phi) is 5.78. The average molecular weight is 273 g/mol. The molecule has 0 saturated carbocycles. The lowest BCUT2D eigenvalue weighted by atomic mass is 9.89. The summed E-state index contributed by atoms with van der Waals surface area (Å²) in [5, 5.41) is 0. The highest BCUT2D eigenvalue weighted by molar-refractivity contribution is 5.82. The molecule has 2 heteroatoms. The molecule has 1 unspecified atom stereocenters. The minimum Gasteiger partial charge on any atom is -0.298 e. The quantitative estimate of drug-likeness (QED) is 0.817. The average Bonchev–Trinajstić information content (AvgIpc) is 2.65. The monoisotopic (exact) mass is 273 g/mol. The molecule has 0 N–H and O–H groups in total. The number of hydrogen-bond acceptors (Lipinski definition) is 2. The molecule has 0 aliphatic carbocycles. The Hall–Kier alpha value is -1.15. The summed E-state index contributed by atoms with van der Waals surface area (Å²) < 4.78 is 0. The van der Waals surface area contributed by atoms with Crippen molar-refractivity contribution in [2.24, 2.45) is 11.8 Å². The molecule has 1 aromatic carbocycles. The third kappa shape index (κ3) is 4.75. The Balaban J connectivity index is 1.80. The van der Waals surface area contributed by atoms with Gasteiger partial charge in [-0.05, 0) is 49.8 Å². The van der Waals surface area contributed by atoms with Gasteiger partial charge in [0.15, 0.2) is 5.78 Å². The van der Waals surface area contributed by atoms with Crippen molar-refractivity contribution in [3.63, 3.8) is 0 Å². The van der Waals surface area contributed by atoms with Crippen LogP contribution >= 0.6 is 0 Å². The molecule has 1 fully saturated rings. The van der Waals surface area contributed by atoms with Gasteiger partial charge in [-0.3, -0.25) is 9.69 Å². The van der Waals surface area contributed by atoms with Gasteiger partial charge in [-0.15, -0.1) is 0 Å². The largest absolute Gasteiger partial charge is 0.298 e. The first kappa shape index (κ1) is 15.2. The van der Waals surface area contributed by atoms with Crippen molar-refractivity contribution >= 4 is 5.78 Å². The van der Waals surface area contributed by atoms with Crippen molar-refractivity contribution in [3.8, 4) is 0 Å². The number of likely N-dealkylation sites (tertiary alicyclic amines) is 1. The van der Waals surface area contributed by atoms with Gasteiger partial charge >= 0.3 is 0 Å². The number of ketones is 1. The standard InChI is InChI=1S/C18H27NO/c1-15(2)17-9-6-11-19(12-10-17)14-18(20)13-16-7-4-3-5-8-16/h3-5,7-8,15,17H,6,9-14H2,1-2H3. The molecule has 1 aliphatic rings. The maximum atomic E-state index is 12.2. The number of carbonyl (C=O) groups excluding carboxylic acids is 1. The second-order valence-corrected chi connectivity index (χ2v) is 6.41. The Labute approximate surface area is 123 Å². The molecular formula is C18H27NO. The predicted molar refractivity (Wildman–Crippen MR) is 83.8 cm³/mol. The summed E-state index contributed by atoms with van der Waals surface area (Å²) in [4.78, 5) is 14.5. The topological polar surface area (TPSA) is 20.3 Å². The van der Waals surface area contributed by atoms with Crippen molar-refractivity contribution in [2.45, 2.75) is 39.5 Å². The SMILES string of the molecule is CC(C)C1CCCN(CC(=O)Cc2ccccc2)CC1. The minimum atomic E-state index is 0.346. The van der Waals surface area contributed by atoms with Gasteiger partial charge in [0.05, 0.1) is 6.54 Å². The summed E-state index contributed by atoms with van der Waals surface area (Å²) in [6.07, 6.45) is 4.38. The lowest BCUT2D eigenvalue weighted by Gasteiger charge is -2.20. The summed E-state index contributed by atoms with van der Waals surface area (Å²) in [5.41, 5.74) is 1.13. The molecule has 0 amide bonds. The molecule has 2 nitrogen and oxygen atoms in total. The van der Waals surface area contributed by atoms with E-state index in [4.69, 9.17) is 0 Å². The number of nitrogens with zero attached hydrogens (tertiary/aromatic N) is 1. The molecule has 1 atom stereocenters. The maximum absolute atomic E-state index is 12.2. The molecule has 2 rings (SSSR count). The van der Waals surface area contributed by atoms with Gasteiger partial charge in [0, 0.05) is 6.42 Å². The van der Waals surface area contributed by atoms with Crippen LogP contribution in [0.5, 0.6) is 0 Å². The molecule has 20 heavy (non-hydrogen) atoms. The van der Waals surface area contributed by atoms with E-state index in [0.29, 0.717) is 18.7 Å². The summed E-state index contributed by atoms with van der Waals surface area (Å²) in [6, 6.07) is 10.1. The first-order valence-corrected chi connectivity index (χ1v) is 7.93. The van der Waals surface area contributed by atoms with Crippen molar-refractivity contribution in [2.75, 3.05) is 19.6 Å². The lowest BCUT2D eigenvalue weighted by Crippen LogP contribution is -2.31. The highest BCUT2D eigenvalue weighted by atomic mass is 16.1. The van der Waals surface area contributed by atoms with Gasteiger partial charge < -0.3 is 0 Å². The molecule has 1 aromatic rings. The van der Waals surface area contributed by atoms with Crippen LogP contribution in [-0.2, 0) is 11.2 Å². The van der Waals surface area contributed by atoms with Crippen LogP contribution in [0.15, 0.2) is 30.3 Å². The Morgan fingerprint density at radius 3 is 2.65 bits per heavy atom. The molecule has 1 aliphatic heterocycles. The number of rotatable bonds is 5. The molecular weight excluding hydrogens is 246 g/mol. The fourth-order valence-electron chi connectivity index (χ4n) is 3.14. The number of hydrogen-bond donors (Lipinski definition) is 0. The summed E-state index contributed by atoms with van der Waals surface area (Å²) in [5.74, 6) is 1.96. The van der Waals surface area contributed by atoms with Crippen molar-refractivity contribution in [1.29, 1.82) is 0 Å². The molecule has 110 valence electrons. The third-order valence-electron chi connectivity index (χ3n) is 4.45. The molecule has 1 heterocycles. The van der Waals surface area contributed by atoms with Gasteiger partial charge in [0.2, 0.25) is 0 Å². The van der Waals surface area contributed by atoms with Gasteiger partial charge in [-0.1, -0.05) is 44.2 Å². The highest BCUT2D eigenvalue weighted by Crippen LogP contribution is 2.24. The van der Waals surface area contributed by atoms with Crippen LogP contribution in [0.1, 0.15) is 38.7 Å². The number of carbonyl (C=O) groups is 1. The maximum Gasteiger partial charge on any atom is 0.151 e. The molecule has 0 radical (unpaired) electrons.